The van der Waals surface area contributed by atoms with Crippen LogP contribution in [0.3, 0.4) is 0 Å². The Hall–Kier alpha value is -0.450. The van der Waals surface area contributed by atoms with Crippen LogP contribution in [-0.4, -0.2) is 25.2 Å². The van der Waals surface area contributed by atoms with Crippen molar-refractivity contribution < 1.29 is 4.74 Å². The molecular weight excluding hydrogens is 232 g/mol. The van der Waals surface area contributed by atoms with E-state index in [0.29, 0.717) is 11.5 Å². The van der Waals surface area contributed by atoms with Gasteiger partial charge in [0.25, 0.3) is 0 Å². The maximum atomic E-state index is 5.08. The maximum absolute atomic E-state index is 5.08. The molecule has 1 aromatic rings. The molecule has 0 aliphatic rings. The minimum Gasteiger partial charge on any atom is -0.383 e. The van der Waals surface area contributed by atoms with E-state index in [-0.39, 0.29) is 0 Å². The van der Waals surface area contributed by atoms with Crippen LogP contribution in [0.25, 0.3) is 0 Å². The van der Waals surface area contributed by atoms with Gasteiger partial charge in [0.1, 0.15) is 5.01 Å². The second kappa shape index (κ2) is 6.47. The van der Waals surface area contributed by atoms with E-state index in [1.165, 1.54) is 5.01 Å². The summed E-state index contributed by atoms with van der Waals surface area (Å²) in [5, 5.41) is 6.83. The fourth-order valence-electron chi connectivity index (χ4n) is 1.73. The van der Waals surface area contributed by atoms with Crippen LogP contribution >= 0.6 is 11.3 Å². The summed E-state index contributed by atoms with van der Waals surface area (Å²) >= 11 is 1.74. The molecule has 0 radical (unpaired) electrons. The van der Waals surface area contributed by atoms with Gasteiger partial charge < -0.3 is 10.1 Å². The van der Waals surface area contributed by atoms with Crippen LogP contribution in [0.4, 0.5) is 0 Å². The summed E-state index contributed by atoms with van der Waals surface area (Å²) < 4.78 is 5.08. The van der Waals surface area contributed by atoms with E-state index in [1.54, 1.807) is 18.4 Å². The van der Waals surface area contributed by atoms with Crippen molar-refractivity contribution in [1.29, 1.82) is 0 Å². The molecule has 0 fully saturated rings. The lowest BCUT2D eigenvalue weighted by Gasteiger charge is -2.25. The van der Waals surface area contributed by atoms with Gasteiger partial charge >= 0.3 is 0 Å². The summed E-state index contributed by atoms with van der Waals surface area (Å²) in [5.74, 6) is 0. The van der Waals surface area contributed by atoms with E-state index in [4.69, 9.17) is 4.74 Å². The van der Waals surface area contributed by atoms with Crippen molar-refractivity contribution in [1.82, 2.24) is 10.3 Å². The number of aromatic nitrogens is 1. The Labute approximate surface area is 109 Å². The Morgan fingerprint density at radius 1 is 1.47 bits per heavy atom. The molecule has 4 heteroatoms. The maximum Gasteiger partial charge on any atom is 0.110 e. The lowest BCUT2D eigenvalue weighted by Crippen LogP contribution is -2.28. The first-order valence-electron chi connectivity index (χ1n) is 6.07. The fourth-order valence-corrected chi connectivity index (χ4v) is 2.60. The zero-order chi connectivity index (χ0) is 12.9. The van der Waals surface area contributed by atoms with Crippen LogP contribution in [0.15, 0.2) is 5.38 Å². The molecule has 1 aromatic heterocycles. The van der Waals surface area contributed by atoms with Gasteiger partial charge in [0.2, 0.25) is 0 Å². The first-order chi connectivity index (χ1) is 7.92. The van der Waals surface area contributed by atoms with Gasteiger partial charge in [-0.25, -0.2) is 4.98 Å². The lowest BCUT2D eigenvalue weighted by molar-refractivity contribution is 0.190. The Kier molecular flexibility index (Phi) is 5.56. The molecule has 1 unspecified atom stereocenters. The van der Waals surface area contributed by atoms with Gasteiger partial charge in [-0.1, -0.05) is 20.8 Å². The van der Waals surface area contributed by atoms with E-state index in [2.05, 4.69) is 36.5 Å². The highest BCUT2D eigenvalue weighted by molar-refractivity contribution is 7.09. The first kappa shape index (κ1) is 14.6. The quantitative estimate of drug-likeness (QED) is 0.794. The number of thiazole rings is 1. The SMILES string of the molecule is COCCNC(CC(C)(C)C)c1nc(C)cs1. The van der Waals surface area contributed by atoms with E-state index < -0.39 is 0 Å². The van der Waals surface area contributed by atoms with Crippen LogP contribution in [0.1, 0.15) is 43.9 Å². The number of aryl methyl sites for hydroxylation is 1. The standard InChI is InChI=1S/C13H24N2OS/c1-10-9-17-12(15-10)11(8-13(2,3)4)14-6-7-16-5/h9,11,14H,6-8H2,1-5H3. The number of nitrogens with zero attached hydrogens (tertiary/aromatic N) is 1. The second-order valence-electron chi connectivity index (χ2n) is 5.59. The summed E-state index contributed by atoms with van der Waals surface area (Å²) in [4.78, 5) is 4.59. The van der Waals surface area contributed by atoms with Gasteiger partial charge in [-0.2, -0.15) is 0 Å². The number of hydrogen-bond acceptors (Lipinski definition) is 4. The molecule has 1 N–H and O–H groups in total. The van der Waals surface area contributed by atoms with Gasteiger partial charge in [-0.05, 0) is 18.8 Å². The zero-order valence-corrected chi connectivity index (χ0v) is 12.4. The van der Waals surface area contributed by atoms with Crippen molar-refractivity contribution in [3.63, 3.8) is 0 Å². The van der Waals surface area contributed by atoms with Crippen molar-refractivity contribution in [3.8, 4) is 0 Å². The van der Waals surface area contributed by atoms with E-state index >= 15 is 0 Å². The number of rotatable bonds is 6. The van der Waals surface area contributed by atoms with Crippen LogP contribution in [-0.2, 0) is 4.74 Å². The lowest BCUT2D eigenvalue weighted by atomic mass is 9.88. The molecule has 3 nitrogen and oxygen atoms in total. The number of nitrogens with one attached hydrogen (secondary N) is 1. The first-order valence-corrected chi connectivity index (χ1v) is 6.94. The zero-order valence-electron chi connectivity index (χ0n) is 11.5. The highest BCUT2D eigenvalue weighted by atomic mass is 32.1. The molecule has 0 aromatic carbocycles. The predicted molar refractivity (Wildman–Crippen MR) is 73.5 cm³/mol. The molecule has 1 atom stereocenters. The molecule has 0 bridgehead atoms. The number of ether oxygens (including phenoxy) is 1. The highest BCUT2D eigenvalue weighted by Crippen LogP contribution is 2.30. The smallest absolute Gasteiger partial charge is 0.110 e. The summed E-state index contributed by atoms with van der Waals surface area (Å²) in [5.41, 5.74) is 1.40. The van der Waals surface area contributed by atoms with Crippen LogP contribution in [0.5, 0.6) is 0 Å². The molecular formula is C13H24N2OS. The van der Waals surface area contributed by atoms with Gasteiger partial charge in [0.15, 0.2) is 0 Å². The Balaban J connectivity index is 2.65. The molecule has 0 saturated carbocycles. The second-order valence-corrected chi connectivity index (χ2v) is 6.48. The summed E-state index contributed by atoms with van der Waals surface area (Å²) in [7, 11) is 1.73. The van der Waals surface area contributed by atoms with Crippen LogP contribution < -0.4 is 5.32 Å². The molecule has 0 spiro atoms. The topological polar surface area (TPSA) is 34.1 Å². The average molecular weight is 256 g/mol. The van der Waals surface area contributed by atoms with E-state index in [1.807, 2.05) is 6.92 Å². The van der Waals surface area contributed by atoms with Crippen molar-refractivity contribution in [3.05, 3.63) is 16.1 Å². The molecule has 0 aliphatic carbocycles. The molecule has 98 valence electrons. The monoisotopic (exact) mass is 256 g/mol. The van der Waals surface area contributed by atoms with Crippen molar-refractivity contribution in [2.75, 3.05) is 20.3 Å². The van der Waals surface area contributed by atoms with E-state index in [9.17, 15) is 0 Å². The molecule has 0 aliphatic heterocycles. The van der Waals surface area contributed by atoms with Crippen molar-refractivity contribution in [2.24, 2.45) is 5.41 Å². The van der Waals surface area contributed by atoms with Crippen molar-refractivity contribution >= 4 is 11.3 Å². The van der Waals surface area contributed by atoms with Gasteiger partial charge in [0, 0.05) is 24.7 Å². The minimum atomic E-state index is 0.296. The van der Waals surface area contributed by atoms with Crippen LogP contribution in [0, 0.1) is 12.3 Å². The molecule has 17 heavy (non-hydrogen) atoms. The van der Waals surface area contributed by atoms with E-state index in [0.717, 1.165) is 25.3 Å². The normalized spacial score (nSPS) is 13.9. The third-order valence-corrected chi connectivity index (χ3v) is 3.52. The largest absolute Gasteiger partial charge is 0.383 e. The average Bonchev–Trinajstić information content (AvgIpc) is 2.62. The highest BCUT2D eigenvalue weighted by Gasteiger charge is 2.21. The Bertz CT molecular complexity index is 330. The fraction of sp³-hybridized carbons (Fsp3) is 0.769. The number of methoxy groups -OCH3 is 1. The van der Waals surface area contributed by atoms with Gasteiger partial charge in [-0.15, -0.1) is 11.3 Å². The van der Waals surface area contributed by atoms with Crippen LogP contribution in [0.2, 0.25) is 0 Å². The molecule has 1 heterocycles. The summed E-state index contributed by atoms with van der Waals surface area (Å²) in [6.45, 7) is 10.4. The Morgan fingerprint density at radius 3 is 2.65 bits per heavy atom. The molecule has 0 saturated heterocycles. The summed E-state index contributed by atoms with van der Waals surface area (Å²) in [6.07, 6.45) is 1.09. The van der Waals surface area contributed by atoms with Crippen molar-refractivity contribution in [2.45, 2.75) is 40.2 Å². The third-order valence-electron chi connectivity index (χ3n) is 2.45. The number of hydrogen-bond donors (Lipinski definition) is 1. The Morgan fingerprint density at radius 2 is 2.18 bits per heavy atom. The molecule has 0 amide bonds. The van der Waals surface area contributed by atoms with Gasteiger partial charge in [0.05, 0.1) is 12.6 Å². The molecule has 1 rings (SSSR count). The third kappa shape index (κ3) is 5.61. The van der Waals surface area contributed by atoms with Gasteiger partial charge in [-0.3, -0.25) is 0 Å². The minimum absolute atomic E-state index is 0.296. The predicted octanol–water partition coefficient (Wildman–Crippen LogP) is 3.16. The summed E-state index contributed by atoms with van der Waals surface area (Å²) in [6, 6.07) is 0.337.